The lowest BCUT2D eigenvalue weighted by Crippen LogP contribution is -2.09. The number of hydrogen-bond acceptors (Lipinski definition) is 4. The van der Waals surface area contributed by atoms with E-state index in [4.69, 9.17) is 4.99 Å². The summed E-state index contributed by atoms with van der Waals surface area (Å²) in [6.07, 6.45) is 1.77. The molecule has 0 aliphatic carbocycles. The van der Waals surface area contributed by atoms with Crippen LogP contribution in [-0.4, -0.2) is 25.5 Å². The number of fused-ring (bicyclic) bond motifs is 3. The number of nitrogens with zero attached hydrogens (tertiary/aromatic N) is 5. The zero-order valence-electron chi connectivity index (χ0n) is 11.2. The predicted octanol–water partition coefficient (Wildman–Crippen LogP) is 3.54. The van der Waals surface area contributed by atoms with Gasteiger partial charge in [-0.2, -0.15) is 0 Å². The quantitative estimate of drug-likeness (QED) is 0.607. The standard InChI is InChI=1S/C15H9Br2N5/c16-9-4-5-12-10(7-9)14(11-3-1-2-6-18-11)19-8-13-20-21-15(17)22(12)13/h1-7H,8H2. The lowest BCUT2D eigenvalue weighted by atomic mass is 10.0. The van der Waals surface area contributed by atoms with Crippen molar-refractivity contribution >= 4 is 37.6 Å². The number of pyridine rings is 1. The first-order valence-corrected chi connectivity index (χ1v) is 8.18. The van der Waals surface area contributed by atoms with E-state index in [-0.39, 0.29) is 0 Å². The number of hydrogen-bond donors (Lipinski definition) is 0. The van der Waals surface area contributed by atoms with Crippen molar-refractivity contribution < 1.29 is 0 Å². The van der Waals surface area contributed by atoms with E-state index in [1.807, 2.05) is 41.0 Å². The highest BCUT2D eigenvalue weighted by Crippen LogP contribution is 2.29. The van der Waals surface area contributed by atoms with E-state index >= 15 is 0 Å². The minimum atomic E-state index is 0.455. The molecule has 0 amide bonds. The third-order valence-electron chi connectivity index (χ3n) is 3.43. The predicted molar refractivity (Wildman–Crippen MR) is 90.3 cm³/mol. The third kappa shape index (κ3) is 2.21. The minimum Gasteiger partial charge on any atom is -0.274 e. The van der Waals surface area contributed by atoms with E-state index in [1.54, 1.807) is 6.20 Å². The zero-order chi connectivity index (χ0) is 15.1. The van der Waals surface area contributed by atoms with Crippen molar-refractivity contribution in [3.05, 3.63) is 68.9 Å². The van der Waals surface area contributed by atoms with Gasteiger partial charge < -0.3 is 0 Å². The molecule has 0 radical (unpaired) electrons. The normalized spacial score (nSPS) is 13.1. The van der Waals surface area contributed by atoms with E-state index in [9.17, 15) is 0 Å². The van der Waals surface area contributed by atoms with E-state index < -0.39 is 0 Å². The van der Waals surface area contributed by atoms with Crippen LogP contribution in [0.25, 0.3) is 5.69 Å². The van der Waals surface area contributed by atoms with E-state index in [0.717, 1.165) is 33.0 Å². The molecular weight excluding hydrogens is 410 g/mol. The average Bonchev–Trinajstić information content (AvgIpc) is 2.82. The Morgan fingerprint density at radius 2 is 1.95 bits per heavy atom. The molecule has 1 aliphatic heterocycles. The van der Waals surface area contributed by atoms with E-state index in [2.05, 4.69) is 47.0 Å². The Labute approximate surface area is 143 Å². The maximum absolute atomic E-state index is 4.72. The summed E-state index contributed by atoms with van der Waals surface area (Å²) < 4.78 is 3.63. The largest absolute Gasteiger partial charge is 0.274 e. The molecule has 1 aliphatic rings. The number of rotatable bonds is 1. The molecule has 5 nitrogen and oxygen atoms in total. The Balaban J connectivity index is 2.01. The van der Waals surface area contributed by atoms with Gasteiger partial charge >= 0.3 is 0 Å². The zero-order valence-corrected chi connectivity index (χ0v) is 14.4. The first-order chi connectivity index (χ1) is 10.7. The van der Waals surface area contributed by atoms with Crippen LogP contribution in [0.2, 0.25) is 0 Å². The van der Waals surface area contributed by atoms with Crippen LogP contribution in [-0.2, 0) is 6.54 Å². The van der Waals surface area contributed by atoms with Crippen LogP contribution in [0.3, 0.4) is 0 Å². The van der Waals surface area contributed by atoms with Gasteiger partial charge in [-0.25, -0.2) is 0 Å². The molecule has 0 saturated heterocycles. The lowest BCUT2D eigenvalue weighted by Gasteiger charge is -2.12. The molecule has 3 heterocycles. The maximum Gasteiger partial charge on any atom is 0.204 e. The van der Waals surface area contributed by atoms with Crippen molar-refractivity contribution in [1.29, 1.82) is 0 Å². The summed E-state index contributed by atoms with van der Waals surface area (Å²) in [5.41, 5.74) is 3.68. The smallest absolute Gasteiger partial charge is 0.204 e. The van der Waals surface area contributed by atoms with Crippen molar-refractivity contribution in [2.75, 3.05) is 0 Å². The number of halogens is 2. The summed E-state index contributed by atoms with van der Waals surface area (Å²) in [7, 11) is 0. The molecule has 2 aromatic heterocycles. The number of aliphatic imine (C=N–C) groups is 1. The molecule has 4 rings (SSSR count). The van der Waals surface area contributed by atoms with Crippen molar-refractivity contribution in [3.8, 4) is 5.69 Å². The van der Waals surface area contributed by atoms with Gasteiger partial charge in [-0.15, -0.1) is 10.2 Å². The van der Waals surface area contributed by atoms with Crippen molar-refractivity contribution in [1.82, 2.24) is 19.7 Å². The molecule has 22 heavy (non-hydrogen) atoms. The molecule has 7 heteroatoms. The average molecular weight is 419 g/mol. The van der Waals surface area contributed by atoms with Gasteiger partial charge in [0.15, 0.2) is 5.82 Å². The highest BCUT2D eigenvalue weighted by molar-refractivity contribution is 9.10. The van der Waals surface area contributed by atoms with Gasteiger partial charge in [-0.3, -0.25) is 14.5 Å². The first kappa shape index (κ1) is 13.8. The minimum absolute atomic E-state index is 0.455. The Hall–Kier alpha value is -1.86. The molecule has 0 unspecified atom stereocenters. The SMILES string of the molecule is Brc1ccc2c(c1)C(c1ccccn1)=NCc1nnc(Br)n1-2. The Morgan fingerprint density at radius 3 is 2.77 bits per heavy atom. The second-order valence-corrected chi connectivity index (χ2v) is 6.39. The molecular formula is C15H9Br2N5. The summed E-state index contributed by atoms with van der Waals surface area (Å²) in [4.78, 5) is 9.16. The fourth-order valence-electron chi connectivity index (χ4n) is 2.49. The first-order valence-electron chi connectivity index (χ1n) is 6.60. The van der Waals surface area contributed by atoms with Crippen LogP contribution < -0.4 is 0 Å². The van der Waals surface area contributed by atoms with Crippen LogP contribution in [0.5, 0.6) is 0 Å². The Morgan fingerprint density at radius 1 is 1.05 bits per heavy atom. The molecule has 0 N–H and O–H groups in total. The van der Waals surface area contributed by atoms with Gasteiger partial charge in [0, 0.05) is 16.2 Å². The molecule has 0 spiro atoms. The molecule has 0 fully saturated rings. The topological polar surface area (TPSA) is 56.0 Å². The van der Waals surface area contributed by atoms with Crippen LogP contribution in [0.1, 0.15) is 17.1 Å². The van der Waals surface area contributed by atoms with Gasteiger partial charge in [-0.05, 0) is 46.3 Å². The van der Waals surface area contributed by atoms with Gasteiger partial charge in [0.1, 0.15) is 6.54 Å². The molecule has 0 saturated carbocycles. The number of aromatic nitrogens is 4. The number of benzene rings is 1. The van der Waals surface area contributed by atoms with Gasteiger partial charge in [-0.1, -0.05) is 22.0 Å². The summed E-state index contributed by atoms with van der Waals surface area (Å²) in [5, 5.41) is 8.28. The molecule has 3 aromatic rings. The lowest BCUT2D eigenvalue weighted by molar-refractivity contribution is 0.866. The summed E-state index contributed by atoms with van der Waals surface area (Å²) in [5.74, 6) is 0.793. The van der Waals surface area contributed by atoms with Gasteiger partial charge in [0.05, 0.1) is 17.1 Å². The molecule has 0 bridgehead atoms. The van der Waals surface area contributed by atoms with Crippen LogP contribution >= 0.6 is 31.9 Å². The second-order valence-electron chi connectivity index (χ2n) is 4.76. The maximum atomic E-state index is 4.72. The molecule has 0 atom stereocenters. The van der Waals surface area contributed by atoms with Gasteiger partial charge in [0.25, 0.3) is 0 Å². The molecule has 1 aromatic carbocycles. The third-order valence-corrected chi connectivity index (χ3v) is 4.44. The van der Waals surface area contributed by atoms with Crippen LogP contribution in [0.4, 0.5) is 0 Å². The van der Waals surface area contributed by atoms with Crippen molar-refractivity contribution in [3.63, 3.8) is 0 Å². The highest BCUT2D eigenvalue weighted by atomic mass is 79.9. The van der Waals surface area contributed by atoms with Crippen molar-refractivity contribution in [2.24, 2.45) is 4.99 Å². The monoisotopic (exact) mass is 417 g/mol. The van der Waals surface area contributed by atoms with Crippen LogP contribution in [0.15, 0.2) is 56.8 Å². The highest BCUT2D eigenvalue weighted by Gasteiger charge is 2.22. The fourth-order valence-corrected chi connectivity index (χ4v) is 3.32. The fraction of sp³-hybridized carbons (Fsp3) is 0.0667. The Bertz CT molecular complexity index is 886. The Kier molecular flexibility index (Phi) is 3.38. The van der Waals surface area contributed by atoms with E-state index in [1.165, 1.54) is 0 Å². The second kappa shape index (κ2) is 5.40. The van der Waals surface area contributed by atoms with E-state index in [0.29, 0.717) is 11.3 Å². The molecule has 108 valence electrons. The summed E-state index contributed by atoms with van der Waals surface area (Å²) >= 11 is 7.00. The van der Waals surface area contributed by atoms with Crippen molar-refractivity contribution in [2.45, 2.75) is 6.54 Å². The summed E-state index contributed by atoms with van der Waals surface area (Å²) in [6, 6.07) is 11.9. The summed E-state index contributed by atoms with van der Waals surface area (Å²) in [6.45, 7) is 0.455. The van der Waals surface area contributed by atoms with Crippen LogP contribution in [0, 0.1) is 0 Å². The van der Waals surface area contributed by atoms with Gasteiger partial charge in [0.2, 0.25) is 4.73 Å².